The Balaban J connectivity index is 1.95. The molecule has 3 aromatic rings. The molecular formula is C23H23ClN2O4. The van der Waals surface area contributed by atoms with Crippen molar-refractivity contribution in [2.24, 2.45) is 5.73 Å². The maximum absolute atomic E-state index is 12.4. The number of benzene rings is 2. The van der Waals surface area contributed by atoms with Crippen molar-refractivity contribution in [3.63, 3.8) is 0 Å². The van der Waals surface area contributed by atoms with E-state index in [9.17, 15) is 9.59 Å². The predicted octanol–water partition coefficient (Wildman–Crippen LogP) is 4.10. The number of aromatic nitrogens is 1. The van der Waals surface area contributed by atoms with Gasteiger partial charge in [0.1, 0.15) is 5.75 Å². The Morgan fingerprint density at radius 3 is 2.73 bits per heavy atom. The van der Waals surface area contributed by atoms with Crippen LogP contribution in [0.1, 0.15) is 42.0 Å². The molecule has 1 atom stereocenters. The molecular weight excluding hydrogens is 404 g/mol. The van der Waals surface area contributed by atoms with Gasteiger partial charge in [-0.15, -0.1) is 0 Å². The lowest BCUT2D eigenvalue weighted by Crippen LogP contribution is -2.21. The van der Waals surface area contributed by atoms with E-state index < -0.39 is 18.5 Å². The average Bonchev–Trinajstić information content (AvgIpc) is 2.86. The van der Waals surface area contributed by atoms with Crippen molar-refractivity contribution in [1.82, 2.24) is 4.57 Å². The summed E-state index contributed by atoms with van der Waals surface area (Å²) in [6.07, 6.45) is 3.34. The first-order valence-electron chi connectivity index (χ1n) is 9.98. The Morgan fingerprint density at radius 1 is 1.20 bits per heavy atom. The molecule has 1 aliphatic rings. The number of halogens is 1. The molecule has 1 aliphatic carbocycles. The van der Waals surface area contributed by atoms with Crippen molar-refractivity contribution in [2.45, 2.75) is 38.1 Å². The van der Waals surface area contributed by atoms with Gasteiger partial charge in [0.25, 0.3) is 0 Å². The summed E-state index contributed by atoms with van der Waals surface area (Å²) in [6, 6.07) is 13.2. The number of carboxylic acids is 1. The van der Waals surface area contributed by atoms with Crippen LogP contribution in [0, 0.1) is 0 Å². The van der Waals surface area contributed by atoms with Crippen LogP contribution in [0.3, 0.4) is 0 Å². The van der Waals surface area contributed by atoms with E-state index in [1.54, 1.807) is 6.07 Å². The van der Waals surface area contributed by atoms with Gasteiger partial charge in [0.05, 0.1) is 11.4 Å². The van der Waals surface area contributed by atoms with Crippen LogP contribution in [-0.4, -0.2) is 28.2 Å². The van der Waals surface area contributed by atoms with Crippen molar-refractivity contribution in [1.29, 1.82) is 0 Å². The minimum absolute atomic E-state index is 0.368. The highest BCUT2D eigenvalue weighted by molar-refractivity contribution is 6.30. The highest BCUT2D eigenvalue weighted by Crippen LogP contribution is 2.42. The number of carboxylic acid groups (broad SMARTS) is 1. The molecule has 1 heterocycles. The number of nitrogens with two attached hydrogens (primary N) is 1. The van der Waals surface area contributed by atoms with E-state index in [0.29, 0.717) is 23.7 Å². The molecule has 0 fully saturated rings. The van der Waals surface area contributed by atoms with E-state index in [1.807, 2.05) is 36.4 Å². The molecule has 6 nitrogen and oxygen atoms in total. The Morgan fingerprint density at radius 2 is 2.00 bits per heavy atom. The molecule has 156 valence electrons. The van der Waals surface area contributed by atoms with Crippen LogP contribution in [0.5, 0.6) is 5.75 Å². The fraction of sp³-hybridized carbons (Fsp3) is 0.304. The number of carbonyl (C=O) groups is 2. The quantitative estimate of drug-likeness (QED) is 0.580. The smallest absolute Gasteiger partial charge is 0.341 e. The summed E-state index contributed by atoms with van der Waals surface area (Å²) in [4.78, 5) is 23.5. The standard InChI is InChI=1S/C23H23ClN2O4/c24-15-6-3-5-14(11-15)12-26-17-8-2-1-7-16(23(25)29)21(17)22-18(26)9-4-10-19(22)30-13-20(27)28/h3-6,9-11,16H,1-2,7-8,12-13H2,(H2,25,29)(H,27,28). The van der Waals surface area contributed by atoms with Crippen molar-refractivity contribution in [3.05, 3.63) is 64.3 Å². The average molecular weight is 427 g/mol. The second-order valence-corrected chi connectivity index (χ2v) is 8.05. The predicted molar refractivity (Wildman–Crippen MR) is 115 cm³/mol. The number of aliphatic carboxylic acids is 1. The summed E-state index contributed by atoms with van der Waals surface area (Å²) in [5, 5.41) is 10.5. The second-order valence-electron chi connectivity index (χ2n) is 7.61. The number of carbonyl (C=O) groups excluding carboxylic acids is 1. The van der Waals surface area contributed by atoms with E-state index in [0.717, 1.165) is 47.0 Å². The van der Waals surface area contributed by atoms with Gasteiger partial charge in [-0.05, 0) is 54.7 Å². The number of ether oxygens (including phenoxy) is 1. The van der Waals surface area contributed by atoms with E-state index in [2.05, 4.69) is 4.57 Å². The van der Waals surface area contributed by atoms with Crippen LogP contribution >= 0.6 is 11.6 Å². The maximum atomic E-state index is 12.4. The topological polar surface area (TPSA) is 94.6 Å². The molecule has 1 unspecified atom stereocenters. The molecule has 0 saturated heterocycles. The third-order valence-electron chi connectivity index (χ3n) is 5.63. The van der Waals surface area contributed by atoms with Crippen LogP contribution in [0.25, 0.3) is 10.9 Å². The van der Waals surface area contributed by atoms with Gasteiger partial charge in [-0.3, -0.25) is 4.79 Å². The Labute approximate surface area is 179 Å². The van der Waals surface area contributed by atoms with E-state index in [-0.39, 0.29) is 5.91 Å². The Bertz CT molecular complexity index is 1120. The van der Waals surface area contributed by atoms with Gasteiger partial charge in [-0.25, -0.2) is 4.79 Å². The van der Waals surface area contributed by atoms with Gasteiger partial charge in [0, 0.05) is 22.6 Å². The molecule has 7 heteroatoms. The molecule has 3 N–H and O–H groups in total. The van der Waals surface area contributed by atoms with E-state index in [1.165, 1.54) is 0 Å². The molecule has 4 rings (SSSR count). The zero-order valence-corrected chi connectivity index (χ0v) is 17.2. The summed E-state index contributed by atoms with van der Waals surface area (Å²) < 4.78 is 7.80. The first kappa shape index (κ1) is 20.3. The molecule has 2 aromatic carbocycles. The Kier molecular flexibility index (Phi) is 5.68. The number of fused-ring (bicyclic) bond motifs is 3. The molecule has 0 bridgehead atoms. The summed E-state index contributed by atoms with van der Waals surface area (Å²) in [7, 11) is 0. The summed E-state index contributed by atoms with van der Waals surface area (Å²) >= 11 is 6.19. The molecule has 0 spiro atoms. The van der Waals surface area contributed by atoms with Crippen LogP contribution in [0.4, 0.5) is 0 Å². The third-order valence-corrected chi connectivity index (χ3v) is 5.87. The summed E-state index contributed by atoms with van der Waals surface area (Å²) in [6.45, 7) is 0.134. The number of nitrogens with zero attached hydrogens (tertiary/aromatic N) is 1. The molecule has 0 aliphatic heterocycles. The van der Waals surface area contributed by atoms with Crippen molar-refractivity contribution in [2.75, 3.05) is 6.61 Å². The Hall–Kier alpha value is -2.99. The van der Waals surface area contributed by atoms with E-state index >= 15 is 0 Å². The highest BCUT2D eigenvalue weighted by Gasteiger charge is 2.31. The van der Waals surface area contributed by atoms with Crippen molar-refractivity contribution < 1.29 is 19.4 Å². The molecule has 1 amide bonds. The number of hydrogen-bond donors (Lipinski definition) is 2. The SMILES string of the molecule is NC(=O)C1CCCCc2c1c1c(OCC(=O)O)cccc1n2Cc1cccc(Cl)c1. The summed E-state index contributed by atoms with van der Waals surface area (Å²) in [5.41, 5.74) is 9.66. The first-order chi connectivity index (χ1) is 14.5. The van der Waals surface area contributed by atoms with Gasteiger partial charge in [0.15, 0.2) is 6.61 Å². The molecule has 0 radical (unpaired) electrons. The molecule has 0 saturated carbocycles. The van der Waals surface area contributed by atoms with Crippen molar-refractivity contribution in [3.8, 4) is 5.75 Å². The first-order valence-corrected chi connectivity index (χ1v) is 10.4. The third kappa shape index (κ3) is 3.87. The van der Waals surface area contributed by atoms with Crippen LogP contribution in [-0.2, 0) is 22.6 Å². The fourth-order valence-corrected chi connectivity index (χ4v) is 4.64. The number of rotatable bonds is 6. The largest absolute Gasteiger partial charge is 0.481 e. The second kappa shape index (κ2) is 8.40. The van der Waals surface area contributed by atoms with Gasteiger partial charge >= 0.3 is 5.97 Å². The van der Waals surface area contributed by atoms with Gasteiger partial charge in [0.2, 0.25) is 5.91 Å². The lowest BCUT2D eigenvalue weighted by molar-refractivity contribution is -0.139. The minimum Gasteiger partial charge on any atom is -0.481 e. The van der Waals surface area contributed by atoms with Gasteiger partial charge < -0.3 is 20.1 Å². The lowest BCUT2D eigenvalue weighted by atomic mass is 9.92. The summed E-state index contributed by atoms with van der Waals surface area (Å²) in [5.74, 6) is -1.39. The normalized spacial score (nSPS) is 16.1. The maximum Gasteiger partial charge on any atom is 0.341 e. The number of hydrogen-bond acceptors (Lipinski definition) is 3. The number of amides is 1. The van der Waals surface area contributed by atoms with Crippen LogP contribution < -0.4 is 10.5 Å². The van der Waals surface area contributed by atoms with Gasteiger partial charge in [-0.1, -0.05) is 36.2 Å². The fourth-order valence-electron chi connectivity index (χ4n) is 4.42. The van der Waals surface area contributed by atoms with Gasteiger partial charge in [-0.2, -0.15) is 0 Å². The van der Waals surface area contributed by atoms with E-state index in [4.69, 9.17) is 27.2 Å². The molecule has 30 heavy (non-hydrogen) atoms. The highest BCUT2D eigenvalue weighted by atomic mass is 35.5. The number of primary amides is 1. The zero-order chi connectivity index (χ0) is 21.3. The van der Waals surface area contributed by atoms with Crippen molar-refractivity contribution >= 4 is 34.4 Å². The lowest BCUT2D eigenvalue weighted by Gasteiger charge is -2.14. The monoisotopic (exact) mass is 426 g/mol. The minimum atomic E-state index is -1.05. The van der Waals surface area contributed by atoms with Crippen LogP contribution in [0.2, 0.25) is 5.02 Å². The van der Waals surface area contributed by atoms with Crippen LogP contribution in [0.15, 0.2) is 42.5 Å². The molecule has 1 aromatic heterocycles. The zero-order valence-electron chi connectivity index (χ0n) is 16.4.